The Morgan fingerprint density at radius 3 is 2.76 bits per heavy atom. The maximum absolute atomic E-state index is 4.33. The first kappa shape index (κ1) is 16.7. The van der Waals surface area contributed by atoms with Crippen LogP contribution < -0.4 is 10.6 Å². The van der Waals surface area contributed by atoms with Gasteiger partial charge in [0, 0.05) is 57.7 Å². The first-order valence-electron chi connectivity index (χ1n) is 8.22. The highest BCUT2D eigenvalue weighted by Crippen LogP contribution is 2.05. The van der Waals surface area contributed by atoms with Crippen molar-refractivity contribution in [3.63, 3.8) is 0 Å². The summed E-state index contributed by atoms with van der Waals surface area (Å²) in [6, 6.07) is 7.79. The van der Waals surface area contributed by atoms with Gasteiger partial charge in [-0.2, -0.15) is 10.2 Å². The Kier molecular flexibility index (Phi) is 5.76. The number of aryl methyl sites for hydroxylation is 1. The average molecular weight is 338 g/mol. The molecule has 8 nitrogen and oxygen atoms in total. The molecule has 3 heterocycles. The van der Waals surface area contributed by atoms with Crippen molar-refractivity contribution in [2.75, 3.05) is 13.6 Å². The Balaban J connectivity index is 1.45. The van der Waals surface area contributed by atoms with E-state index in [0.717, 1.165) is 36.9 Å². The van der Waals surface area contributed by atoms with Gasteiger partial charge in [0.15, 0.2) is 11.8 Å². The quantitative estimate of drug-likeness (QED) is 0.384. The van der Waals surface area contributed by atoms with Crippen LogP contribution in [0.3, 0.4) is 0 Å². The fourth-order valence-corrected chi connectivity index (χ4v) is 2.39. The van der Waals surface area contributed by atoms with Crippen molar-refractivity contribution in [2.24, 2.45) is 4.99 Å². The summed E-state index contributed by atoms with van der Waals surface area (Å²) in [7, 11) is 1.77. The fraction of sp³-hybridized carbons (Fsp3) is 0.294. The Bertz CT molecular complexity index is 777. The minimum atomic E-state index is 0.662. The molecular weight excluding hydrogens is 316 g/mol. The lowest BCUT2D eigenvalue weighted by molar-refractivity contribution is 0.570. The largest absolute Gasteiger partial charge is 0.356 e. The maximum Gasteiger partial charge on any atom is 0.191 e. The zero-order valence-electron chi connectivity index (χ0n) is 14.2. The minimum Gasteiger partial charge on any atom is -0.356 e. The number of pyridine rings is 1. The van der Waals surface area contributed by atoms with Crippen molar-refractivity contribution in [3.8, 4) is 5.82 Å². The summed E-state index contributed by atoms with van der Waals surface area (Å²) in [5.74, 6) is 1.57. The third kappa shape index (κ3) is 4.90. The van der Waals surface area contributed by atoms with Gasteiger partial charge < -0.3 is 10.6 Å². The molecule has 0 bridgehead atoms. The van der Waals surface area contributed by atoms with Crippen LogP contribution in [0, 0.1) is 0 Å². The number of nitrogens with one attached hydrogen (secondary N) is 2. The van der Waals surface area contributed by atoms with E-state index in [4.69, 9.17) is 0 Å². The van der Waals surface area contributed by atoms with E-state index in [9.17, 15) is 0 Å². The molecule has 0 saturated carbocycles. The molecule has 0 aliphatic heterocycles. The summed E-state index contributed by atoms with van der Waals surface area (Å²) in [5, 5.41) is 15.0. The van der Waals surface area contributed by atoms with Crippen LogP contribution in [0.15, 0.2) is 60.2 Å². The van der Waals surface area contributed by atoms with Gasteiger partial charge in [-0.05, 0) is 36.2 Å². The van der Waals surface area contributed by atoms with Crippen molar-refractivity contribution in [2.45, 2.75) is 19.5 Å². The van der Waals surface area contributed by atoms with Crippen LogP contribution in [-0.4, -0.2) is 44.1 Å². The lowest BCUT2D eigenvalue weighted by Crippen LogP contribution is -2.37. The van der Waals surface area contributed by atoms with Crippen molar-refractivity contribution >= 4 is 5.96 Å². The second kappa shape index (κ2) is 8.62. The molecule has 0 radical (unpaired) electrons. The first-order valence-corrected chi connectivity index (χ1v) is 8.22. The molecule has 0 amide bonds. The summed E-state index contributed by atoms with van der Waals surface area (Å²) in [6.07, 6.45) is 10.1. The first-order chi connectivity index (χ1) is 12.3. The summed E-state index contributed by atoms with van der Waals surface area (Å²) in [4.78, 5) is 8.58. The zero-order valence-corrected chi connectivity index (χ0v) is 14.2. The minimum absolute atomic E-state index is 0.662. The molecule has 0 saturated heterocycles. The van der Waals surface area contributed by atoms with E-state index >= 15 is 0 Å². The Morgan fingerprint density at radius 1 is 1.12 bits per heavy atom. The van der Waals surface area contributed by atoms with Crippen molar-refractivity contribution in [1.29, 1.82) is 0 Å². The standard InChI is InChI=1S/C17H22N8/c1-18-17(20-6-2-10-24-11-3-7-22-24)21-14-15-5-9-19-16(13-15)25-12-4-8-23-25/h3-5,7-9,11-13H,2,6,10,14H2,1H3,(H2,18,20,21). The molecule has 0 aliphatic rings. The molecule has 3 aromatic rings. The SMILES string of the molecule is CN=C(NCCCn1cccn1)NCc1ccnc(-n2cccn2)c1. The molecule has 0 atom stereocenters. The number of nitrogens with zero attached hydrogens (tertiary/aromatic N) is 6. The van der Waals surface area contributed by atoms with Gasteiger partial charge in [-0.15, -0.1) is 0 Å². The lowest BCUT2D eigenvalue weighted by atomic mass is 10.2. The third-order valence-electron chi connectivity index (χ3n) is 3.65. The highest BCUT2D eigenvalue weighted by Gasteiger charge is 2.02. The van der Waals surface area contributed by atoms with Crippen LogP contribution in [0.25, 0.3) is 5.82 Å². The molecule has 0 fully saturated rings. The van der Waals surface area contributed by atoms with Gasteiger partial charge in [0.2, 0.25) is 0 Å². The van der Waals surface area contributed by atoms with Crippen molar-refractivity contribution < 1.29 is 0 Å². The highest BCUT2D eigenvalue weighted by molar-refractivity contribution is 5.79. The van der Waals surface area contributed by atoms with E-state index < -0.39 is 0 Å². The topological polar surface area (TPSA) is 85.0 Å². The fourth-order valence-electron chi connectivity index (χ4n) is 2.39. The molecule has 25 heavy (non-hydrogen) atoms. The Labute approximate surface area is 146 Å². The van der Waals surface area contributed by atoms with Gasteiger partial charge >= 0.3 is 0 Å². The van der Waals surface area contributed by atoms with E-state index in [0.29, 0.717) is 6.54 Å². The summed E-state index contributed by atoms with van der Waals surface area (Å²) in [5.41, 5.74) is 1.11. The smallest absolute Gasteiger partial charge is 0.191 e. The van der Waals surface area contributed by atoms with Gasteiger partial charge in [0.25, 0.3) is 0 Å². The lowest BCUT2D eigenvalue weighted by Gasteiger charge is -2.12. The van der Waals surface area contributed by atoms with Gasteiger partial charge in [-0.3, -0.25) is 9.67 Å². The molecule has 0 aromatic carbocycles. The van der Waals surface area contributed by atoms with Crippen LogP contribution in [0.2, 0.25) is 0 Å². The van der Waals surface area contributed by atoms with Gasteiger partial charge in [0.05, 0.1) is 0 Å². The monoisotopic (exact) mass is 338 g/mol. The number of aliphatic imine (C=N–C) groups is 1. The third-order valence-corrected chi connectivity index (χ3v) is 3.65. The van der Waals surface area contributed by atoms with Gasteiger partial charge in [-0.1, -0.05) is 0 Å². The van der Waals surface area contributed by atoms with Crippen LogP contribution in [-0.2, 0) is 13.1 Å². The molecular formula is C17H22N8. The Morgan fingerprint density at radius 2 is 2.00 bits per heavy atom. The second-order valence-corrected chi connectivity index (χ2v) is 5.45. The molecule has 3 rings (SSSR count). The Hall–Kier alpha value is -3.16. The number of hydrogen-bond donors (Lipinski definition) is 2. The van der Waals surface area contributed by atoms with E-state index in [1.165, 1.54) is 0 Å². The van der Waals surface area contributed by atoms with E-state index in [1.54, 1.807) is 30.3 Å². The number of rotatable bonds is 7. The summed E-state index contributed by atoms with van der Waals surface area (Å²) < 4.78 is 3.66. The molecule has 8 heteroatoms. The van der Waals surface area contributed by atoms with E-state index in [-0.39, 0.29) is 0 Å². The normalized spacial score (nSPS) is 11.5. The number of aromatic nitrogens is 5. The number of hydrogen-bond acceptors (Lipinski definition) is 4. The second-order valence-electron chi connectivity index (χ2n) is 5.45. The molecule has 2 N–H and O–H groups in total. The number of guanidine groups is 1. The van der Waals surface area contributed by atoms with Gasteiger partial charge in [-0.25, -0.2) is 9.67 Å². The van der Waals surface area contributed by atoms with E-state index in [2.05, 4.69) is 30.8 Å². The molecule has 0 unspecified atom stereocenters. The summed E-state index contributed by atoms with van der Waals surface area (Å²) in [6.45, 7) is 2.37. The highest BCUT2D eigenvalue weighted by atomic mass is 15.3. The van der Waals surface area contributed by atoms with Crippen molar-refractivity contribution in [1.82, 2.24) is 35.2 Å². The van der Waals surface area contributed by atoms with Crippen LogP contribution in [0.4, 0.5) is 0 Å². The molecule has 130 valence electrons. The molecule has 0 spiro atoms. The molecule has 0 aliphatic carbocycles. The predicted octanol–water partition coefficient (Wildman–Crippen LogP) is 1.22. The average Bonchev–Trinajstić information content (AvgIpc) is 3.35. The van der Waals surface area contributed by atoms with Crippen LogP contribution >= 0.6 is 0 Å². The molecule has 3 aromatic heterocycles. The summed E-state index contributed by atoms with van der Waals surface area (Å²) >= 11 is 0. The van der Waals surface area contributed by atoms with Crippen LogP contribution in [0.1, 0.15) is 12.0 Å². The van der Waals surface area contributed by atoms with Crippen LogP contribution in [0.5, 0.6) is 0 Å². The zero-order chi connectivity index (χ0) is 17.3. The van der Waals surface area contributed by atoms with Crippen molar-refractivity contribution in [3.05, 3.63) is 60.8 Å². The maximum atomic E-state index is 4.33. The predicted molar refractivity (Wildman–Crippen MR) is 96.4 cm³/mol. The van der Waals surface area contributed by atoms with Gasteiger partial charge in [0.1, 0.15) is 0 Å². The van der Waals surface area contributed by atoms with E-state index in [1.807, 2.05) is 41.3 Å².